The van der Waals surface area contributed by atoms with E-state index in [1.807, 2.05) is 0 Å². The summed E-state index contributed by atoms with van der Waals surface area (Å²) in [5.74, 6) is 1.18. The average Bonchev–Trinajstić information content (AvgIpc) is 3.37. The molecule has 2 fully saturated rings. The Morgan fingerprint density at radius 3 is 2.77 bits per heavy atom. The first kappa shape index (κ1) is 15.3. The summed E-state index contributed by atoms with van der Waals surface area (Å²) in [4.78, 5) is 13.5. The molecule has 5 heteroatoms. The lowest BCUT2D eigenvalue weighted by Crippen LogP contribution is -2.43. The predicted molar refractivity (Wildman–Crippen MR) is 84.0 cm³/mol. The molecule has 120 valence electrons. The van der Waals surface area contributed by atoms with E-state index in [0.29, 0.717) is 18.3 Å². The topological polar surface area (TPSA) is 64.8 Å². The summed E-state index contributed by atoms with van der Waals surface area (Å²) in [6, 6.07) is 6.97. The van der Waals surface area contributed by atoms with Gasteiger partial charge in [0.2, 0.25) is 5.91 Å². The molecular weight excluding hydrogens is 280 g/mol. The number of amides is 1. The van der Waals surface area contributed by atoms with Crippen LogP contribution in [0.1, 0.15) is 29.6 Å². The van der Waals surface area contributed by atoms with Gasteiger partial charge in [-0.3, -0.25) is 9.69 Å². The average molecular weight is 304 g/mol. The molecule has 1 aliphatic carbocycles. The van der Waals surface area contributed by atoms with Gasteiger partial charge < -0.3 is 15.2 Å². The van der Waals surface area contributed by atoms with Crippen molar-refractivity contribution in [3.05, 3.63) is 29.8 Å². The van der Waals surface area contributed by atoms with Crippen LogP contribution >= 0.6 is 0 Å². The lowest BCUT2D eigenvalue weighted by molar-refractivity contribution is -0.0399. The molecule has 2 aliphatic rings. The summed E-state index contributed by atoms with van der Waals surface area (Å²) < 4.78 is 11.5. The van der Waals surface area contributed by atoms with Gasteiger partial charge in [-0.15, -0.1) is 0 Å². The molecule has 1 atom stereocenters. The van der Waals surface area contributed by atoms with Gasteiger partial charge in [0, 0.05) is 25.2 Å². The van der Waals surface area contributed by atoms with Crippen molar-refractivity contribution >= 4 is 5.91 Å². The third-order valence-corrected chi connectivity index (χ3v) is 4.35. The summed E-state index contributed by atoms with van der Waals surface area (Å²) in [6.45, 7) is 4.68. The van der Waals surface area contributed by atoms with E-state index in [9.17, 15) is 4.79 Å². The van der Waals surface area contributed by atoms with Gasteiger partial charge in [0.1, 0.15) is 5.75 Å². The molecule has 2 N–H and O–H groups in total. The number of ether oxygens (including phenoxy) is 2. The van der Waals surface area contributed by atoms with Gasteiger partial charge in [0.15, 0.2) is 0 Å². The maximum absolute atomic E-state index is 11.0. The molecule has 0 bridgehead atoms. The Hall–Kier alpha value is -1.59. The highest BCUT2D eigenvalue weighted by molar-refractivity contribution is 5.92. The fourth-order valence-corrected chi connectivity index (χ4v) is 2.88. The second-order valence-electron chi connectivity index (χ2n) is 6.14. The van der Waals surface area contributed by atoms with Crippen LogP contribution in [0.15, 0.2) is 24.3 Å². The second-order valence-corrected chi connectivity index (χ2v) is 6.14. The van der Waals surface area contributed by atoms with Gasteiger partial charge in [0.05, 0.1) is 19.3 Å². The molecule has 5 nitrogen and oxygen atoms in total. The Balaban J connectivity index is 1.35. The van der Waals surface area contributed by atoms with Gasteiger partial charge in [0.25, 0.3) is 0 Å². The van der Waals surface area contributed by atoms with E-state index in [4.69, 9.17) is 15.2 Å². The van der Waals surface area contributed by atoms with Crippen LogP contribution in [0.3, 0.4) is 0 Å². The molecule has 1 aliphatic heterocycles. The van der Waals surface area contributed by atoms with Crippen LogP contribution in [0.4, 0.5) is 0 Å². The Kier molecular flexibility index (Phi) is 4.95. The first-order valence-electron chi connectivity index (χ1n) is 8.09. The highest BCUT2D eigenvalue weighted by atomic mass is 16.5. The minimum atomic E-state index is -0.413. The van der Waals surface area contributed by atoms with Crippen LogP contribution in [0.25, 0.3) is 0 Å². The molecule has 1 aromatic rings. The zero-order valence-electron chi connectivity index (χ0n) is 12.9. The number of primary amides is 1. The smallest absolute Gasteiger partial charge is 0.248 e. The summed E-state index contributed by atoms with van der Waals surface area (Å²) in [5, 5.41) is 0. The van der Waals surface area contributed by atoms with Crippen molar-refractivity contribution in [2.24, 2.45) is 11.7 Å². The number of carbonyl (C=O) groups is 1. The van der Waals surface area contributed by atoms with E-state index in [-0.39, 0.29) is 0 Å². The van der Waals surface area contributed by atoms with Gasteiger partial charge in [-0.2, -0.15) is 0 Å². The third kappa shape index (κ3) is 4.21. The van der Waals surface area contributed by atoms with Crippen LogP contribution < -0.4 is 10.5 Å². The molecule has 1 heterocycles. The number of nitrogens with two attached hydrogens (primary N) is 1. The Labute approximate surface area is 131 Å². The number of hydrogen-bond acceptors (Lipinski definition) is 4. The maximum atomic E-state index is 11.0. The SMILES string of the molecule is NC(=O)c1ccc(OCCCN2CCO[C@H](C3CC3)C2)cc1. The van der Waals surface area contributed by atoms with Crippen LogP contribution in [-0.2, 0) is 4.74 Å². The standard InChI is InChI=1S/C17H24N2O3/c18-17(20)14-4-6-15(7-5-14)21-10-1-8-19-9-11-22-16(12-19)13-2-3-13/h4-7,13,16H,1-3,8-12H2,(H2,18,20)/t16-/m0/s1. The zero-order valence-corrected chi connectivity index (χ0v) is 12.9. The highest BCUT2D eigenvalue weighted by Crippen LogP contribution is 2.35. The number of hydrogen-bond donors (Lipinski definition) is 1. The van der Waals surface area contributed by atoms with Crippen molar-refractivity contribution in [3.63, 3.8) is 0 Å². The van der Waals surface area contributed by atoms with Gasteiger partial charge in [-0.25, -0.2) is 0 Å². The lowest BCUT2D eigenvalue weighted by Gasteiger charge is -2.33. The summed E-state index contributed by atoms with van der Waals surface area (Å²) in [6.07, 6.45) is 4.12. The van der Waals surface area contributed by atoms with E-state index in [1.54, 1.807) is 24.3 Å². The minimum Gasteiger partial charge on any atom is -0.494 e. The molecule has 1 saturated heterocycles. The van der Waals surface area contributed by atoms with Crippen molar-refractivity contribution in [1.82, 2.24) is 4.90 Å². The summed E-state index contributed by atoms with van der Waals surface area (Å²) in [5.41, 5.74) is 5.72. The Bertz CT molecular complexity index is 499. The van der Waals surface area contributed by atoms with Crippen molar-refractivity contribution in [3.8, 4) is 5.75 Å². The quantitative estimate of drug-likeness (QED) is 0.778. The van der Waals surface area contributed by atoms with E-state index in [0.717, 1.165) is 44.3 Å². The Morgan fingerprint density at radius 2 is 2.09 bits per heavy atom. The fourth-order valence-electron chi connectivity index (χ4n) is 2.88. The molecule has 0 spiro atoms. The van der Waals surface area contributed by atoms with Gasteiger partial charge in [-0.05, 0) is 49.4 Å². The molecule has 1 amide bonds. The molecule has 1 saturated carbocycles. The number of rotatable bonds is 7. The number of morpholine rings is 1. The van der Waals surface area contributed by atoms with Crippen molar-refractivity contribution in [2.45, 2.75) is 25.4 Å². The monoisotopic (exact) mass is 304 g/mol. The first-order valence-corrected chi connectivity index (χ1v) is 8.09. The van der Waals surface area contributed by atoms with Crippen LogP contribution in [-0.4, -0.2) is 49.8 Å². The lowest BCUT2D eigenvalue weighted by atomic mass is 10.2. The van der Waals surface area contributed by atoms with Crippen molar-refractivity contribution in [1.29, 1.82) is 0 Å². The van der Waals surface area contributed by atoms with Crippen molar-refractivity contribution in [2.75, 3.05) is 32.8 Å². The van der Waals surface area contributed by atoms with Gasteiger partial charge >= 0.3 is 0 Å². The van der Waals surface area contributed by atoms with Crippen LogP contribution in [0.2, 0.25) is 0 Å². The molecule has 22 heavy (non-hydrogen) atoms. The normalized spacial score (nSPS) is 22.5. The minimum absolute atomic E-state index is 0.413. The molecule has 0 radical (unpaired) electrons. The largest absolute Gasteiger partial charge is 0.494 e. The van der Waals surface area contributed by atoms with E-state index in [2.05, 4.69) is 4.90 Å². The highest BCUT2D eigenvalue weighted by Gasteiger charge is 2.34. The zero-order chi connectivity index (χ0) is 15.4. The maximum Gasteiger partial charge on any atom is 0.248 e. The number of benzene rings is 1. The number of carbonyl (C=O) groups excluding carboxylic acids is 1. The van der Waals surface area contributed by atoms with E-state index in [1.165, 1.54) is 12.8 Å². The van der Waals surface area contributed by atoms with E-state index < -0.39 is 5.91 Å². The van der Waals surface area contributed by atoms with Gasteiger partial charge in [-0.1, -0.05) is 0 Å². The fraction of sp³-hybridized carbons (Fsp3) is 0.588. The van der Waals surface area contributed by atoms with Crippen molar-refractivity contribution < 1.29 is 14.3 Å². The predicted octanol–water partition coefficient (Wildman–Crippen LogP) is 1.67. The van der Waals surface area contributed by atoms with Crippen LogP contribution in [0, 0.1) is 5.92 Å². The van der Waals surface area contributed by atoms with E-state index >= 15 is 0 Å². The number of nitrogens with zero attached hydrogens (tertiary/aromatic N) is 1. The second kappa shape index (κ2) is 7.11. The third-order valence-electron chi connectivity index (χ3n) is 4.35. The summed E-state index contributed by atoms with van der Waals surface area (Å²) >= 11 is 0. The van der Waals surface area contributed by atoms with Crippen LogP contribution in [0.5, 0.6) is 5.75 Å². The Morgan fingerprint density at radius 1 is 1.32 bits per heavy atom. The first-order chi connectivity index (χ1) is 10.7. The molecule has 0 unspecified atom stereocenters. The molecule has 3 rings (SSSR count). The summed E-state index contributed by atoms with van der Waals surface area (Å²) in [7, 11) is 0. The molecule has 1 aromatic carbocycles. The molecule has 0 aromatic heterocycles. The molecular formula is C17H24N2O3.